The van der Waals surface area contributed by atoms with Crippen molar-refractivity contribution in [3.05, 3.63) is 11.6 Å². The summed E-state index contributed by atoms with van der Waals surface area (Å²) in [7, 11) is 0. The first-order valence-corrected chi connectivity index (χ1v) is 5.04. The van der Waals surface area contributed by atoms with E-state index in [1.54, 1.807) is 0 Å². The van der Waals surface area contributed by atoms with E-state index in [2.05, 4.69) is 0 Å². The molecule has 2 atom stereocenters. The Bertz CT molecular complexity index is 304. The summed E-state index contributed by atoms with van der Waals surface area (Å²) in [5.41, 5.74) is 0.988. The molecule has 0 aromatic rings. The van der Waals surface area contributed by atoms with Gasteiger partial charge in [-0.25, -0.2) is 0 Å². The van der Waals surface area contributed by atoms with Crippen LogP contribution in [0.2, 0.25) is 0 Å². The van der Waals surface area contributed by atoms with Crippen molar-refractivity contribution in [2.24, 2.45) is 17.8 Å². The van der Waals surface area contributed by atoms with Gasteiger partial charge in [0.25, 0.3) is 0 Å². The van der Waals surface area contributed by atoms with Gasteiger partial charge >= 0.3 is 0 Å². The molecule has 0 radical (unpaired) electrons. The molecular weight excluding hydrogens is 196 g/mol. The summed E-state index contributed by atoms with van der Waals surface area (Å²) >= 11 is 0. The normalized spacial score (nSPS) is 26.2. The number of carbonyl (C=O) groups is 2. The molecule has 0 bridgehead atoms. The van der Waals surface area contributed by atoms with Gasteiger partial charge < -0.3 is 19.8 Å². The molecule has 1 aliphatic rings. The second kappa shape index (κ2) is 4.47. The third-order valence-electron chi connectivity index (χ3n) is 2.92. The summed E-state index contributed by atoms with van der Waals surface area (Å²) in [6.07, 6.45) is 2.30. The lowest BCUT2D eigenvalue weighted by molar-refractivity contribution is -0.327. The molecule has 4 nitrogen and oxygen atoms in total. The van der Waals surface area contributed by atoms with Gasteiger partial charge in [-0.1, -0.05) is 25.5 Å². The highest BCUT2D eigenvalue weighted by Gasteiger charge is 2.28. The molecule has 84 valence electrons. The third-order valence-corrected chi connectivity index (χ3v) is 2.92. The van der Waals surface area contributed by atoms with Gasteiger partial charge in [0.1, 0.15) is 0 Å². The monoisotopic (exact) mass is 210 g/mol. The van der Waals surface area contributed by atoms with E-state index in [1.165, 1.54) is 0 Å². The van der Waals surface area contributed by atoms with Crippen LogP contribution >= 0.6 is 0 Å². The molecule has 0 fully saturated rings. The maximum absolute atomic E-state index is 10.8. The van der Waals surface area contributed by atoms with Crippen molar-refractivity contribution in [3.8, 4) is 0 Å². The summed E-state index contributed by atoms with van der Waals surface area (Å²) in [5.74, 6) is -4.25. The second-order valence-corrected chi connectivity index (χ2v) is 4.22. The first-order valence-electron chi connectivity index (χ1n) is 5.04. The van der Waals surface area contributed by atoms with Crippen molar-refractivity contribution in [2.45, 2.75) is 26.7 Å². The highest BCUT2D eigenvalue weighted by atomic mass is 16.4. The van der Waals surface area contributed by atoms with E-state index in [1.807, 2.05) is 19.9 Å². The number of allylic oxidation sites excluding steroid dienone is 2. The number of carbonyl (C=O) groups excluding carboxylic acids is 2. The SMILES string of the molecule is CC(C)C1=CC[C@@H](C(=O)[O-])[C@@H](C(=O)[O-])C1. The molecule has 4 heteroatoms. The smallest absolute Gasteiger partial charge is 0.0455 e. The number of aliphatic carboxylic acids is 2. The largest absolute Gasteiger partial charge is 0.550 e. The van der Waals surface area contributed by atoms with E-state index in [-0.39, 0.29) is 18.8 Å². The predicted molar refractivity (Wildman–Crippen MR) is 49.1 cm³/mol. The molecule has 0 saturated carbocycles. The van der Waals surface area contributed by atoms with Gasteiger partial charge in [-0.05, 0) is 18.8 Å². The fraction of sp³-hybridized carbons (Fsp3) is 0.636. The van der Waals surface area contributed by atoms with Crippen LogP contribution in [-0.4, -0.2) is 11.9 Å². The Balaban J connectivity index is 2.87. The van der Waals surface area contributed by atoms with E-state index in [0.717, 1.165) is 5.57 Å². The molecule has 0 saturated heterocycles. The Morgan fingerprint density at radius 3 is 2.20 bits per heavy atom. The zero-order chi connectivity index (χ0) is 11.6. The minimum atomic E-state index is -1.30. The summed E-state index contributed by atoms with van der Waals surface area (Å²) in [6, 6.07) is 0. The number of hydrogen-bond donors (Lipinski definition) is 0. The number of carboxylic acid groups (broad SMARTS) is 2. The van der Waals surface area contributed by atoms with Crippen LogP contribution in [0.4, 0.5) is 0 Å². The molecule has 0 spiro atoms. The lowest BCUT2D eigenvalue weighted by Gasteiger charge is -2.33. The molecule has 1 aliphatic carbocycles. The van der Waals surface area contributed by atoms with Crippen molar-refractivity contribution in [3.63, 3.8) is 0 Å². The molecule has 0 amide bonds. The molecule has 15 heavy (non-hydrogen) atoms. The maximum Gasteiger partial charge on any atom is 0.0455 e. The van der Waals surface area contributed by atoms with Gasteiger partial charge in [-0.3, -0.25) is 0 Å². The molecule has 0 aliphatic heterocycles. The number of carboxylic acids is 2. The predicted octanol–water partition coefficient (Wildman–Crippen LogP) is -0.905. The fourth-order valence-electron chi connectivity index (χ4n) is 1.90. The van der Waals surface area contributed by atoms with Crippen LogP contribution in [0.25, 0.3) is 0 Å². The Morgan fingerprint density at radius 1 is 1.27 bits per heavy atom. The molecule has 1 rings (SSSR count). The lowest BCUT2D eigenvalue weighted by Crippen LogP contribution is -2.45. The molecule has 0 aromatic heterocycles. The molecular formula is C11H14O4-2. The zero-order valence-electron chi connectivity index (χ0n) is 8.86. The van der Waals surface area contributed by atoms with Crippen molar-refractivity contribution < 1.29 is 19.8 Å². The van der Waals surface area contributed by atoms with Gasteiger partial charge in [0, 0.05) is 23.8 Å². The average molecular weight is 210 g/mol. The number of hydrogen-bond acceptors (Lipinski definition) is 4. The van der Waals surface area contributed by atoms with Crippen molar-refractivity contribution >= 4 is 11.9 Å². The summed E-state index contributed by atoms with van der Waals surface area (Å²) in [5, 5.41) is 21.5. The van der Waals surface area contributed by atoms with Crippen molar-refractivity contribution in [1.29, 1.82) is 0 Å². The van der Waals surface area contributed by atoms with E-state index >= 15 is 0 Å². The molecule has 0 unspecified atom stereocenters. The van der Waals surface area contributed by atoms with Crippen molar-refractivity contribution in [1.82, 2.24) is 0 Å². The second-order valence-electron chi connectivity index (χ2n) is 4.22. The van der Waals surface area contributed by atoms with Crippen LogP contribution < -0.4 is 10.2 Å². The standard InChI is InChI=1S/C11H16O4/c1-6(2)7-3-4-8(10(12)13)9(5-7)11(14)15/h3,6,8-9H,4-5H2,1-2H3,(H,12,13)(H,14,15)/p-2/t8-,9+/m1/s1. The number of rotatable bonds is 3. The Morgan fingerprint density at radius 2 is 1.80 bits per heavy atom. The third kappa shape index (κ3) is 2.58. The van der Waals surface area contributed by atoms with Gasteiger partial charge in [0.05, 0.1) is 0 Å². The Hall–Kier alpha value is -1.32. The summed E-state index contributed by atoms with van der Waals surface area (Å²) < 4.78 is 0. The molecule has 0 N–H and O–H groups in total. The average Bonchev–Trinajstić information content (AvgIpc) is 2.16. The minimum Gasteiger partial charge on any atom is -0.550 e. The first kappa shape index (κ1) is 11.8. The van der Waals surface area contributed by atoms with Crippen LogP contribution in [0.3, 0.4) is 0 Å². The van der Waals surface area contributed by atoms with Gasteiger partial charge in [0.15, 0.2) is 0 Å². The van der Waals surface area contributed by atoms with Crippen LogP contribution in [0.1, 0.15) is 26.7 Å². The molecule has 0 aromatic carbocycles. The fourth-order valence-corrected chi connectivity index (χ4v) is 1.90. The highest BCUT2D eigenvalue weighted by molar-refractivity contribution is 5.78. The van der Waals surface area contributed by atoms with Crippen LogP contribution in [-0.2, 0) is 9.59 Å². The van der Waals surface area contributed by atoms with Crippen LogP contribution in [0.5, 0.6) is 0 Å². The van der Waals surface area contributed by atoms with Gasteiger partial charge in [-0.2, -0.15) is 0 Å². The van der Waals surface area contributed by atoms with Crippen LogP contribution in [0, 0.1) is 17.8 Å². The highest BCUT2D eigenvalue weighted by Crippen LogP contribution is 2.32. The van der Waals surface area contributed by atoms with E-state index in [4.69, 9.17) is 0 Å². The topological polar surface area (TPSA) is 80.3 Å². The Kier molecular flexibility index (Phi) is 3.50. The van der Waals surface area contributed by atoms with E-state index < -0.39 is 23.8 Å². The lowest BCUT2D eigenvalue weighted by atomic mass is 9.77. The Labute approximate surface area is 88.6 Å². The zero-order valence-corrected chi connectivity index (χ0v) is 8.86. The quantitative estimate of drug-likeness (QED) is 0.565. The van der Waals surface area contributed by atoms with E-state index in [0.29, 0.717) is 0 Å². The van der Waals surface area contributed by atoms with E-state index in [9.17, 15) is 19.8 Å². The molecule has 0 heterocycles. The van der Waals surface area contributed by atoms with Crippen molar-refractivity contribution in [2.75, 3.05) is 0 Å². The van der Waals surface area contributed by atoms with Gasteiger partial charge in [0.2, 0.25) is 0 Å². The first-order chi connectivity index (χ1) is 6.93. The maximum atomic E-state index is 10.8. The minimum absolute atomic E-state index is 0.231. The van der Waals surface area contributed by atoms with Crippen LogP contribution in [0.15, 0.2) is 11.6 Å². The summed E-state index contributed by atoms with van der Waals surface area (Å²) in [4.78, 5) is 21.5. The van der Waals surface area contributed by atoms with Gasteiger partial charge in [-0.15, -0.1) is 0 Å². The summed E-state index contributed by atoms with van der Waals surface area (Å²) in [6.45, 7) is 3.91.